The molecule has 5 nitrogen and oxygen atoms in total. The molecule has 0 radical (unpaired) electrons. The lowest BCUT2D eigenvalue weighted by Gasteiger charge is -2.21. The number of benzene rings is 1. The van der Waals surface area contributed by atoms with Crippen molar-refractivity contribution < 1.29 is 4.74 Å². The van der Waals surface area contributed by atoms with Crippen LogP contribution in [0.2, 0.25) is 0 Å². The maximum atomic E-state index is 5.87. The Kier molecular flexibility index (Phi) is 4.14. The summed E-state index contributed by atoms with van der Waals surface area (Å²) < 4.78 is 8.15. The molecule has 0 aliphatic carbocycles. The van der Waals surface area contributed by atoms with E-state index in [9.17, 15) is 0 Å². The summed E-state index contributed by atoms with van der Waals surface area (Å²) in [4.78, 5) is 13.3. The first-order valence-electron chi connectivity index (χ1n) is 9.24. The number of hydrogen-bond donors (Lipinski definition) is 0. The lowest BCUT2D eigenvalue weighted by Crippen LogP contribution is -2.20. The van der Waals surface area contributed by atoms with Crippen LogP contribution >= 0.6 is 0 Å². The van der Waals surface area contributed by atoms with E-state index in [0.717, 1.165) is 35.3 Å². The maximum absolute atomic E-state index is 5.87. The second kappa shape index (κ2) is 6.93. The summed E-state index contributed by atoms with van der Waals surface area (Å²) in [6.07, 6.45) is 10.5. The minimum Gasteiger partial charge on any atom is -0.379 e. The van der Waals surface area contributed by atoms with Crippen LogP contribution in [0, 0.1) is 5.92 Å². The van der Waals surface area contributed by atoms with E-state index < -0.39 is 0 Å². The van der Waals surface area contributed by atoms with Crippen molar-refractivity contribution >= 4 is 10.9 Å². The van der Waals surface area contributed by atoms with Gasteiger partial charge in [-0.2, -0.15) is 0 Å². The quantitative estimate of drug-likeness (QED) is 0.556. The van der Waals surface area contributed by atoms with Gasteiger partial charge in [0.1, 0.15) is 5.82 Å². The summed E-state index contributed by atoms with van der Waals surface area (Å²) >= 11 is 0. The highest BCUT2D eigenvalue weighted by Gasteiger charge is 2.31. The lowest BCUT2D eigenvalue weighted by molar-refractivity contribution is 0.181. The number of aromatic nitrogens is 4. The predicted molar refractivity (Wildman–Crippen MR) is 104 cm³/mol. The molecule has 27 heavy (non-hydrogen) atoms. The van der Waals surface area contributed by atoms with E-state index in [0.29, 0.717) is 12.5 Å². The van der Waals surface area contributed by atoms with Gasteiger partial charge in [0.25, 0.3) is 0 Å². The molecule has 0 bridgehead atoms. The van der Waals surface area contributed by atoms with E-state index in [1.165, 1.54) is 5.56 Å². The fourth-order valence-corrected chi connectivity index (χ4v) is 3.99. The molecular formula is C22H20N4O. The first-order valence-corrected chi connectivity index (χ1v) is 9.24. The fraction of sp³-hybridized carbons (Fsp3) is 0.227. The molecule has 5 heteroatoms. The monoisotopic (exact) mass is 356 g/mol. The van der Waals surface area contributed by atoms with Gasteiger partial charge in [-0.15, -0.1) is 0 Å². The zero-order valence-corrected chi connectivity index (χ0v) is 14.9. The smallest absolute Gasteiger partial charge is 0.140 e. The van der Waals surface area contributed by atoms with Gasteiger partial charge in [-0.3, -0.25) is 9.97 Å². The zero-order chi connectivity index (χ0) is 18.1. The van der Waals surface area contributed by atoms with Crippen LogP contribution in [0.4, 0.5) is 0 Å². The number of ether oxygens (including phenoxy) is 1. The van der Waals surface area contributed by atoms with Gasteiger partial charge in [-0.1, -0.05) is 18.2 Å². The molecule has 134 valence electrons. The second-order valence-corrected chi connectivity index (χ2v) is 6.96. The van der Waals surface area contributed by atoms with Crippen molar-refractivity contribution in [3.63, 3.8) is 0 Å². The van der Waals surface area contributed by atoms with Gasteiger partial charge in [0.2, 0.25) is 0 Å². The van der Waals surface area contributed by atoms with Crippen molar-refractivity contribution in [2.24, 2.45) is 5.92 Å². The van der Waals surface area contributed by atoms with E-state index in [1.807, 2.05) is 43.0 Å². The van der Waals surface area contributed by atoms with Crippen LogP contribution in [-0.2, 0) is 11.2 Å². The zero-order valence-electron chi connectivity index (χ0n) is 14.9. The van der Waals surface area contributed by atoms with Crippen LogP contribution in [0.5, 0.6) is 0 Å². The summed E-state index contributed by atoms with van der Waals surface area (Å²) in [5.74, 6) is 1.39. The molecule has 0 spiro atoms. The SMILES string of the molecule is c1ccc2c(-c3nccn3[C@@H]3COC[C@@H]3Cc3ccncc3)ccnc2c1. The molecule has 1 saturated heterocycles. The summed E-state index contributed by atoms with van der Waals surface area (Å²) in [5.41, 5.74) is 3.39. The number of nitrogens with zero attached hydrogens (tertiary/aromatic N) is 4. The molecule has 3 aromatic heterocycles. The normalized spacial score (nSPS) is 19.6. The van der Waals surface area contributed by atoms with E-state index in [1.54, 1.807) is 0 Å². The van der Waals surface area contributed by atoms with Crippen LogP contribution in [0.25, 0.3) is 22.3 Å². The molecular weight excluding hydrogens is 336 g/mol. The van der Waals surface area contributed by atoms with Crippen LogP contribution in [0.3, 0.4) is 0 Å². The Bertz CT molecular complexity index is 1050. The number of hydrogen-bond acceptors (Lipinski definition) is 4. The van der Waals surface area contributed by atoms with Crippen LogP contribution in [-0.4, -0.2) is 32.7 Å². The molecule has 1 aromatic carbocycles. The predicted octanol–water partition coefficient (Wildman–Crippen LogP) is 3.92. The highest BCUT2D eigenvalue weighted by molar-refractivity contribution is 5.92. The summed E-state index contributed by atoms with van der Waals surface area (Å²) in [5, 5.41) is 1.12. The first-order chi connectivity index (χ1) is 13.4. The molecule has 2 atom stereocenters. The third kappa shape index (κ3) is 3.00. The Morgan fingerprint density at radius 1 is 0.926 bits per heavy atom. The molecule has 0 unspecified atom stereocenters. The molecule has 1 aliphatic heterocycles. The molecule has 5 rings (SSSR count). The Hall–Kier alpha value is -3.05. The van der Waals surface area contributed by atoms with Crippen molar-refractivity contribution in [3.05, 3.63) is 79.0 Å². The maximum Gasteiger partial charge on any atom is 0.140 e. The van der Waals surface area contributed by atoms with E-state index in [4.69, 9.17) is 9.72 Å². The average molecular weight is 356 g/mol. The van der Waals surface area contributed by atoms with Crippen molar-refractivity contribution in [3.8, 4) is 11.4 Å². The summed E-state index contributed by atoms with van der Waals surface area (Å²) in [7, 11) is 0. The third-order valence-electron chi connectivity index (χ3n) is 5.33. The fourth-order valence-electron chi connectivity index (χ4n) is 3.99. The van der Waals surface area contributed by atoms with Gasteiger partial charge >= 0.3 is 0 Å². The van der Waals surface area contributed by atoms with Crippen LogP contribution < -0.4 is 0 Å². The van der Waals surface area contributed by atoms with E-state index >= 15 is 0 Å². The van der Waals surface area contributed by atoms with Gasteiger partial charge in [0, 0.05) is 47.9 Å². The second-order valence-electron chi connectivity index (χ2n) is 6.96. The molecule has 4 aromatic rings. The molecule has 0 N–H and O–H groups in total. The number of pyridine rings is 2. The van der Waals surface area contributed by atoms with Crippen molar-refractivity contribution in [2.75, 3.05) is 13.2 Å². The van der Waals surface area contributed by atoms with Gasteiger partial charge in [-0.25, -0.2) is 4.98 Å². The Morgan fingerprint density at radius 2 is 1.81 bits per heavy atom. The number of rotatable bonds is 4. The highest BCUT2D eigenvalue weighted by Crippen LogP contribution is 2.34. The molecule has 0 amide bonds. The van der Waals surface area contributed by atoms with Gasteiger partial charge in [-0.05, 0) is 36.2 Å². The third-order valence-corrected chi connectivity index (χ3v) is 5.33. The molecule has 1 fully saturated rings. The van der Waals surface area contributed by atoms with Gasteiger partial charge in [0.05, 0.1) is 24.8 Å². The topological polar surface area (TPSA) is 52.8 Å². The molecule has 4 heterocycles. The Morgan fingerprint density at radius 3 is 2.74 bits per heavy atom. The Balaban J connectivity index is 1.52. The largest absolute Gasteiger partial charge is 0.379 e. The van der Waals surface area contributed by atoms with Gasteiger partial charge < -0.3 is 9.30 Å². The minimum atomic E-state index is 0.266. The summed E-state index contributed by atoms with van der Waals surface area (Å²) in [6, 6.07) is 14.7. The standard InChI is InChI=1S/C22H20N4O/c1-2-4-20-18(3-1)19(7-10-24-20)22-25-11-12-26(22)21-15-27-14-17(21)13-16-5-8-23-9-6-16/h1-12,17,21H,13-15H2/t17-,21+/m0/s1. The number of imidazole rings is 1. The van der Waals surface area contributed by atoms with Crippen LogP contribution in [0.15, 0.2) is 73.4 Å². The van der Waals surface area contributed by atoms with Crippen molar-refractivity contribution in [2.45, 2.75) is 12.5 Å². The highest BCUT2D eigenvalue weighted by atomic mass is 16.5. The van der Waals surface area contributed by atoms with Gasteiger partial charge in [0.15, 0.2) is 0 Å². The van der Waals surface area contributed by atoms with Crippen LogP contribution in [0.1, 0.15) is 11.6 Å². The first kappa shape index (κ1) is 16.1. The molecule has 1 aliphatic rings. The Labute approximate surface area is 157 Å². The van der Waals surface area contributed by atoms with E-state index in [2.05, 4.69) is 45.0 Å². The van der Waals surface area contributed by atoms with E-state index in [-0.39, 0.29) is 6.04 Å². The average Bonchev–Trinajstić information content (AvgIpc) is 3.37. The number of para-hydroxylation sites is 1. The minimum absolute atomic E-state index is 0.266. The number of fused-ring (bicyclic) bond motifs is 1. The molecule has 0 saturated carbocycles. The van der Waals surface area contributed by atoms with Crippen molar-refractivity contribution in [1.82, 2.24) is 19.5 Å². The summed E-state index contributed by atoms with van der Waals surface area (Å²) in [6.45, 7) is 1.48. The van der Waals surface area contributed by atoms with Crippen molar-refractivity contribution in [1.29, 1.82) is 0 Å². The lowest BCUT2D eigenvalue weighted by atomic mass is 9.95.